The molecular weight excluding hydrogens is 496 g/mol. The molecule has 10 heteroatoms. The number of halogens is 1. The van der Waals surface area contributed by atoms with Gasteiger partial charge in [-0.25, -0.2) is 9.88 Å². The summed E-state index contributed by atoms with van der Waals surface area (Å²) in [6.45, 7) is 3.75. The van der Waals surface area contributed by atoms with Crippen molar-refractivity contribution in [1.29, 1.82) is 5.26 Å². The fourth-order valence-electron chi connectivity index (χ4n) is 6.31. The largest absolute Gasteiger partial charge is 0.477 e. The van der Waals surface area contributed by atoms with Crippen molar-refractivity contribution >= 4 is 40.0 Å². The number of hydrogen-bond donors (Lipinski definition) is 1. The van der Waals surface area contributed by atoms with Crippen molar-refractivity contribution in [2.75, 3.05) is 11.5 Å². The number of rotatable bonds is 5. The monoisotopic (exact) mass is 518 g/mol. The van der Waals surface area contributed by atoms with E-state index in [-0.39, 0.29) is 18.9 Å². The summed E-state index contributed by atoms with van der Waals surface area (Å²) in [6, 6.07) is 12.0. The van der Waals surface area contributed by atoms with Gasteiger partial charge in [-0.3, -0.25) is 14.6 Å². The molecule has 37 heavy (non-hydrogen) atoms. The third-order valence-corrected chi connectivity index (χ3v) is 8.38. The number of hydrogen-bond acceptors (Lipinski definition) is 8. The Bertz CT molecular complexity index is 1490. The van der Waals surface area contributed by atoms with E-state index in [9.17, 15) is 20.0 Å². The minimum Gasteiger partial charge on any atom is -0.477 e. The second-order valence-electron chi connectivity index (χ2n) is 10.1. The van der Waals surface area contributed by atoms with Crippen LogP contribution in [-0.4, -0.2) is 50.8 Å². The van der Waals surface area contributed by atoms with Crippen LogP contribution in [0.5, 0.6) is 5.88 Å². The first kappa shape index (κ1) is 23.8. The number of imide groups is 1. The summed E-state index contributed by atoms with van der Waals surface area (Å²) in [4.78, 5) is 37.6. The number of carbonyl (C=O) groups is 2. The Kier molecular flexibility index (Phi) is 5.28. The number of carbonyl (C=O) groups excluding carboxylic acids is 2. The lowest BCUT2D eigenvalue weighted by Crippen LogP contribution is -2.52. The molecule has 0 radical (unpaired) electrons. The lowest BCUT2D eigenvalue weighted by molar-refractivity contribution is -0.138. The molecular formula is C27H23ClN4O5. The zero-order valence-electron chi connectivity index (χ0n) is 20.1. The van der Waals surface area contributed by atoms with E-state index in [4.69, 9.17) is 21.1 Å². The number of pyridine rings is 2. The number of amides is 2. The highest BCUT2D eigenvalue weighted by Crippen LogP contribution is 2.63. The fourth-order valence-corrected chi connectivity index (χ4v) is 6.42. The number of anilines is 1. The molecule has 0 spiro atoms. The van der Waals surface area contributed by atoms with Crippen LogP contribution in [0.4, 0.5) is 5.69 Å². The van der Waals surface area contributed by atoms with Crippen LogP contribution in [-0.2, 0) is 14.3 Å². The van der Waals surface area contributed by atoms with E-state index in [1.54, 1.807) is 49.5 Å². The second kappa shape index (κ2) is 8.21. The summed E-state index contributed by atoms with van der Waals surface area (Å²) in [5.74, 6) is -2.46. The van der Waals surface area contributed by atoms with E-state index >= 15 is 0 Å². The molecule has 0 saturated carbocycles. The number of nitriles is 1. The molecule has 2 amide bonds. The molecule has 3 saturated heterocycles. The Morgan fingerprint density at radius 3 is 2.76 bits per heavy atom. The number of fused-ring (bicyclic) bond motifs is 6. The predicted octanol–water partition coefficient (Wildman–Crippen LogP) is 3.27. The van der Waals surface area contributed by atoms with Crippen molar-refractivity contribution in [2.45, 2.75) is 37.6 Å². The molecule has 2 bridgehead atoms. The second-order valence-corrected chi connectivity index (χ2v) is 10.5. The van der Waals surface area contributed by atoms with Gasteiger partial charge in [-0.05, 0) is 37.3 Å². The molecule has 3 fully saturated rings. The molecule has 188 valence electrons. The van der Waals surface area contributed by atoms with Crippen molar-refractivity contribution in [3.8, 4) is 11.9 Å². The molecule has 9 nitrogen and oxygen atoms in total. The third-order valence-electron chi connectivity index (χ3n) is 8.16. The zero-order chi connectivity index (χ0) is 26.1. The van der Waals surface area contributed by atoms with Crippen molar-refractivity contribution in [3.05, 3.63) is 59.4 Å². The van der Waals surface area contributed by atoms with Crippen LogP contribution in [0.25, 0.3) is 10.9 Å². The van der Waals surface area contributed by atoms with Gasteiger partial charge < -0.3 is 14.6 Å². The molecule has 2 aromatic heterocycles. The zero-order valence-corrected chi connectivity index (χ0v) is 20.8. The topological polar surface area (TPSA) is 126 Å². The van der Waals surface area contributed by atoms with Crippen molar-refractivity contribution < 1.29 is 24.2 Å². The van der Waals surface area contributed by atoms with Gasteiger partial charge in [0, 0.05) is 36.2 Å². The van der Waals surface area contributed by atoms with Crippen LogP contribution in [0.15, 0.2) is 48.8 Å². The first-order valence-electron chi connectivity index (χ1n) is 12.0. The Hall–Kier alpha value is -3.58. The minimum absolute atomic E-state index is 0.159. The molecule has 6 atom stereocenters. The van der Waals surface area contributed by atoms with Gasteiger partial charge in [-0.1, -0.05) is 18.5 Å². The van der Waals surface area contributed by atoms with Crippen molar-refractivity contribution in [1.82, 2.24) is 9.97 Å². The maximum absolute atomic E-state index is 14.0. The molecule has 5 heterocycles. The smallest absolute Gasteiger partial charge is 0.240 e. The maximum Gasteiger partial charge on any atom is 0.240 e. The lowest BCUT2D eigenvalue weighted by atomic mass is 9.63. The molecule has 1 aromatic carbocycles. The average molecular weight is 519 g/mol. The van der Waals surface area contributed by atoms with Gasteiger partial charge in [-0.2, -0.15) is 5.26 Å². The van der Waals surface area contributed by atoms with Gasteiger partial charge in [0.1, 0.15) is 11.7 Å². The molecule has 3 unspecified atom stereocenters. The molecule has 3 aromatic rings. The normalized spacial score (nSPS) is 31.0. The van der Waals surface area contributed by atoms with Crippen molar-refractivity contribution in [3.63, 3.8) is 0 Å². The summed E-state index contributed by atoms with van der Waals surface area (Å²) in [5, 5.41) is 21.6. The van der Waals surface area contributed by atoms with Crippen LogP contribution >= 0.6 is 11.6 Å². The Morgan fingerprint density at radius 1 is 1.24 bits per heavy atom. The van der Waals surface area contributed by atoms with Crippen LogP contribution in [0.2, 0.25) is 5.02 Å². The van der Waals surface area contributed by atoms with E-state index in [0.717, 1.165) is 0 Å². The van der Waals surface area contributed by atoms with E-state index < -0.39 is 41.0 Å². The van der Waals surface area contributed by atoms with Gasteiger partial charge in [0.25, 0.3) is 0 Å². The van der Waals surface area contributed by atoms with Gasteiger partial charge in [-0.15, -0.1) is 0 Å². The summed E-state index contributed by atoms with van der Waals surface area (Å²) >= 11 is 5.91. The van der Waals surface area contributed by atoms with Gasteiger partial charge in [0.05, 0.1) is 51.9 Å². The van der Waals surface area contributed by atoms with Crippen LogP contribution in [0, 0.1) is 29.1 Å². The highest BCUT2D eigenvalue weighted by Gasteiger charge is 2.78. The summed E-state index contributed by atoms with van der Waals surface area (Å²) < 4.78 is 12.3. The Balaban J connectivity index is 1.38. The van der Waals surface area contributed by atoms with E-state index in [2.05, 4.69) is 16.0 Å². The number of aromatic nitrogens is 2. The molecule has 1 N–H and O–H groups in total. The van der Waals surface area contributed by atoms with Crippen molar-refractivity contribution in [2.24, 2.45) is 17.8 Å². The molecule has 3 aliphatic heterocycles. The number of benzene rings is 1. The standard InChI is InChI=1S/C27H23ClN4O5/c1-14(13-36-20-8-6-16(28)12-31-20)27-10-19(33)26(2,37-27)21-22(27)25(35)32(24(21)34)18-7-5-15(11-29)23-17(18)4-3-9-30-23/h3-9,12,14,19,21-22,33H,10,13H2,1-2H3/t14?,19-,21-,22+,26?,27?/m0/s1. The molecule has 6 rings (SSSR count). The first-order chi connectivity index (χ1) is 17.7. The molecule has 3 aliphatic rings. The quantitative estimate of drug-likeness (QED) is 0.510. The number of aliphatic hydroxyl groups is 1. The third kappa shape index (κ3) is 3.23. The first-order valence-corrected chi connectivity index (χ1v) is 12.4. The van der Waals surface area contributed by atoms with E-state index in [1.165, 1.54) is 11.1 Å². The molecule has 0 aliphatic carbocycles. The minimum atomic E-state index is -1.22. The lowest BCUT2D eigenvalue weighted by Gasteiger charge is -2.37. The Labute approximate surface area is 217 Å². The predicted molar refractivity (Wildman–Crippen MR) is 133 cm³/mol. The van der Waals surface area contributed by atoms with Gasteiger partial charge in [0.2, 0.25) is 17.7 Å². The Morgan fingerprint density at radius 2 is 2.03 bits per heavy atom. The SMILES string of the molecule is CC(COc1ccc(Cl)cn1)C12C[C@H](O)C(C)(O1)[C@@H]1C(=O)N(c3ccc(C#N)c4ncccc34)C(=O)[C@@H]12. The summed E-state index contributed by atoms with van der Waals surface area (Å²) in [6.07, 6.45) is 2.31. The van der Waals surface area contributed by atoms with Crippen LogP contribution in [0.1, 0.15) is 25.8 Å². The highest BCUT2D eigenvalue weighted by molar-refractivity contribution is 6.30. The van der Waals surface area contributed by atoms with Crippen LogP contribution < -0.4 is 9.64 Å². The number of nitrogens with zero attached hydrogens (tertiary/aromatic N) is 4. The summed E-state index contributed by atoms with van der Waals surface area (Å²) in [7, 11) is 0. The van der Waals surface area contributed by atoms with E-state index in [0.29, 0.717) is 33.1 Å². The van der Waals surface area contributed by atoms with Gasteiger partial charge >= 0.3 is 0 Å². The highest BCUT2D eigenvalue weighted by atomic mass is 35.5. The van der Waals surface area contributed by atoms with E-state index in [1.807, 2.05) is 6.92 Å². The maximum atomic E-state index is 14.0. The van der Waals surface area contributed by atoms with Gasteiger partial charge in [0.15, 0.2) is 0 Å². The average Bonchev–Trinajstić information content (AvgIpc) is 3.44. The number of aliphatic hydroxyl groups excluding tert-OH is 1. The number of ether oxygens (including phenoxy) is 2. The summed E-state index contributed by atoms with van der Waals surface area (Å²) in [5.41, 5.74) is -1.19. The van der Waals surface area contributed by atoms with Crippen LogP contribution in [0.3, 0.4) is 0 Å². The fraction of sp³-hybridized carbons (Fsp3) is 0.370.